The fourth-order valence-corrected chi connectivity index (χ4v) is 3.80. The fraction of sp³-hybridized carbons (Fsp3) is 0.714. The number of thiazole rings is 1. The normalized spacial score (nSPS) is 17.9. The molecule has 100 valence electrons. The maximum absolute atomic E-state index is 11.3. The Labute approximate surface area is 112 Å². The number of aromatic nitrogens is 1. The summed E-state index contributed by atoms with van der Waals surface area (Å²) >= 11 is 1.62. The van der Waals surface area contributed by atoms with Crippen molar-refractivity contribution in [3.05, 3.63) is 15.6 Å². The van der Waals surface area contributed by atoms with E-state index in [-0.39, 0.29) is 0 Å². The van der Waals surface area contributed by atoms with Crippen LogP contribution in [0.1, 0.15) is 84.6 Å². The van der Waals surface area contributed by atoms with Gasteiger partial charge in [0.2, 0.25) is 0 Å². The van der Waals surface area contributed by atoms with Gasteiger partial charge < -0.3 is 5.11 Å². The van der Waals surface area contributed by atoms with Crippen molar-refractivity contribution in [3.8, 4) is 0 Å². The highest BCUT2D eigenvalue weighted by Crippen LogP contribution is 2.38. The second-order valence-electron chi connectivity index (χ2n) is 5.41. The first-order valence-electron chi connectivity index (χ1n) is 6.83. The van der Waals surface area contributed by atoms with Crippen molar-refractivity contribution in [2.75, 3.05) is 0 Å². The first-order chi connectivity index (χ1) is 8.59. The zero-order valence-corrected chi connectivity index (χ0v) is 11.9. The second-order valence-corrected chi connectivity index (χ2v) is 6.48. The number of carboxylic acid groups (broad SMARTS) is 1. The van der Waals surface area contributed by atoms with Crippen molar-refractivity contribution < 1.29 is 9.90 Å². The van der Waals surface area contributed by atoms with Crippen molar-refractivity contribution in [1.82, 2.24) is 4.98 Å². The van der Waals surface area contributed by atoms with Crippen LogP contribution in [0.5, 0.6) is 0 Å². The van der Waals surface area contributed by atoms with Crippen LogP contribution >= 0.6 is 11.3 Å². The zero-order chi connectivity index (χ0) is 13.1. The average molecular weight is 267 g/mol. The van der Waals surface area contributed by atoms with Gasteiger partial charge in [0.25, 0.3) is 0 Å². The van der Waals surface area contributed by atoms with E-state index in [0.29, 0.717) is 17.5 Å². The third-order valence-corrected chi connectivity index (χ3v) is 5.11. The van der Waals surface area contributed by atoms with Crippen LogP contribution in [0.15, 0.2) is 0 Å². The molecule has 0 aromatic carbocycles. The van der Waals surface area contributed by atoms with E-state index < -0.39 is 5.97 Å². The highest BCUT2D eigenvalue weighted by molar-refractivity contribution is 7.12. The number of hydrogen-bond acceptors (Lipinski definition) is 3. The Balaban J connectivity index is 2.31. The van der Waals surface area contributed by atoms with Crippen LogP contribution in [0.25, 0.3) is 0 Å². The van der Waals surface area contributed by atoms with Gasteiger partial charge in [0.15, 0.2) is 5.69 Å². The number of hydrogen-bond donors (Lipinski definition) is 1. The molecule has 0 saturated heterocycles. The minimum Gasteiger partial charge on any atom is -0.476 e. The highest BCUT2D eigenvalue weighted by atomic mass is 32.1. The molecule has 1 saturated carbocycles. The average Bonchev–Trinajstić information content (AvgIpc) is 2.59. The Kier molecular flexibility index (Phi) is 4.38. The summed E-state index contributed by atoms with van der Waals surface area (Å²) in [5.41, 5.74) is 0.315. The third kappa shape index (κ3) is 2.91. The van der Waals surface area contributed by atoms with Crippen molar-refractivity contribution in [2.45, 2.75) is 64.2 Å². The summed E-state index contributed by atoms with van der Waals surface area (Å²) in [6.07, 6.45) is 7.26. The minimum atomic E-state index is -0.864. The van der Waals surface area contributed by atoms with Gasteiger partial charge >= 0.3 is 5.97 Å². The molecule has 1 aromatic rings. The molecule has 0 bridgehead atoms. The van der Waals surface area contributed by atoms with Gasteiger partial charge in [-0.15, -0.1) is 11.3 Å². The van der Waals surface area contributed by atoms with Gasteiger partial charge in [-0.1, -0.05) is 39.5 Å². The van der Waals surface area contributed by atoms with E-state index >= 15 is 0 Å². The first kappa shape index (κ1) is 13.5. The standard InChI is InChI=1S/C14H21NO2S/c1-9(2)13-15-11(14(16)17)12(18-13)10-7-5-3-4-6-8-10/h9-10H,3-8H2,1-2H3,(H,16,17). The molecular formula is C14H21NO2S. The molecule has 3 nitrogen and oxygen atoms in total. The molecular weight excluding hydrogens is 246 g/mol. The van der Waals surface area contributed by atoms with Crippen molar-refractivity contribution in [1.29, 1.82) is 0 Å². The predicted molar refractivity (Wildman–Crippen MR) is 73.6 cm³/mol. The lowest BCUT2D eigenvalue weighted by Crippen LogP contribution is -2.05. The van der Waals surface area contributed by atoms with E-state index in [1.54, 1.807) is 11.3 Å². The molecule has 0 unspecified atom stereocenters. The monoisotopic (exact) mass is 267 g/mol. The van der Waals surface area contributed by atoms with E-state index in [1.165, 1.54) is 25.7 Å². The van der Waals surface area contributed by atoms with Gasteiger partial charge in [-0.25, -0.2) is 9.78 Å². The summed E-state index contributed by atoms with van der Waals surface area (Å²) in [5, 5.41) is 10.3. The maximum Gasteiger partial charge on any atom is 0.355 e. The van der Waals surface area contributed by atoms with Crippen LogP contribution in [0.2, 0.25) is 0 Å². The summed E-state index contributed by atoms with van der Waals surface area (Å²) in [7, 11) is 0. The van der Waals surface area contributed by atoms with Gasteiger partial charge in [-0.05, 0) is 18.8 Å². The lowest BCUT2D eigenvalue weighted by atomic mass is 9.97. The lowest BCUT2D eigenvalue weighted by molar-refractivity contribution is 0.0689. The lowest BCUT2D eigenvalue weighted by Gasteiger charge is -2.12. The summed E-state index contributed by atoms with van der Waals surface area (Å²) in [6.45, 7) is 4.14. The van der Waals surface area contributed by atoms with E-state index in [4.69, 9.17) is 0 Å². The van der Waals surface area contributed by atoms with Crippen molar-refractivity contribution in [3.63, 3.8) is 0 Å². The highest BCUT2D eigenvalue weighted by Gasteiger charge is 2.25. The van der Waals surface area contributed by atoms with E-state index in [2.05, 4.69) is 18.8 Å². The quantitative estimate of drug-likeness (QED) is 0.826. The van der Waals surface area contributed by atoms with E-state index in [9.17, 15) is 9.90 Å². The molecule has 1 aliphatic rings. The first-order valence-corrected chi connectivity index (χ1v) is 7.65. The Morgan fingerprint density at radius 3 is 2.39 bits per heavy atom. The van der Waals surface area contributed by atoms with Gasteiger partial charge in [-0.3, -0.25) is 0 Å². The molecule has 0 aliphatic heterocycles. The molecule has 18 heavy (non-hydrogen) atoms. The molecule has 0 radical (unpaired) electrons. The van der Waals surface area contributed by atoms with Crippen LogP contribution in [-0.2, 0) is 0 Å². The van der Waals surface area contributed by atoms with Crippen LogP contribution < -0.4 is 0 Å². The molecule has 0 spiro atoms. The molecule has 2 rings (SSSR count). The molecule has 1 N–H and O–H groups in total. The Morgan fingerprint density at radius 1 is 1.28 bits per heavy atom. The largest absolute Gasteiger partial charge is 0.476 e. The summed E-state index contributed by atoms with van der Waals surface area (Å²) in [4.78, 5) is 16.7. The van der Waals surface area contributed by atoms with Gasteiger partial charge in [0.05, 0.1) is 5.01 Å². The minimum absolute atomic E-state index is 0.313. The zero-order valence-electron chi connectivity index (χ0n) is 11.1. The Bertz CT molecular complexity index is 417. The summed E-state index contributed by atoms with van der Waals surface area (Å²) in [5.74, 6) is -0.131. The van der Waals surface area contributed by atoms with Gasteiger partial charge in [-0.2, -0.15) is 0 Å². The second kappa shape index (κ2) is 5.83. The number of carbonyl (C=O) groups is 1. The van der Waals surface area contributed by atoms with Crippen LogP contribution in [0, 0.1) is 0 Å². The summed E-state index contributed by atoms with van der Waals surface area (Å²) in [6, 6.07) is 0. The van der Waals surface area contributed by atoms with Crippen molar-refractivity contribution >= 4 is 17.3 Å². The number of aromatic carboxylic acids is 1. The Hall–Kier alpha value is -0.900. The van der Waals surface area contributed by atoms with Gasteiger partial charge in [0, 0.05) is 10.8 Å². The SMILES string of the molecule is CC(C)c1nc(C(=O)O)c(C2CCCCCC2)s1. The smallest absolute Gasteiger partial charge is 0.355 e. The van der Waals surface area contributed by atoms with Crippen molar-refractivity contribution in [2.24, 2.45) is 0 Å². The van der Waals surface area contributed by atoms with Crippen LogP contribution in [0.3, 0.4) is 0 Å². The maximum atomic E-state index is 11.3. The topological polar surface area (TPSA) is 50.2 Å². The number of nitrogens with zero attached hydrogens (tertiary/aromatic N) is 1. The molecule has 4 heteroatoms. The predicted octanol–water partition coefficient (Wildman–Crippen LogP) is 4.40. The Morgan fingerprint density at radius 2 is 1.89 bits per heavy atom. The third-order valence-electron chi connectivity index (χ3n) is 3.59. The van der Waals surface area contributed by atoms with E-state index in [0.717, 1.165) is 22.7 Å². The van der Waals surface area contributed by atoms with E-state index in [1.807, 2.05) is 0 Å². The molecule has 0 atom stereocenters. The molecule has 1 aromatic heterocycles. The molecule has 1 fully saturated rings. The van der Waals surface area contributed by atoms with Crippen LogP contribution in [0.4, 0.5) is 0 Å². The number of carboxylic acids is 1. The molecule has 1 aliphatic carbocycles. The van der Waals surface area contributed by atoms with Gasteiger partial charge in [0.1, 0.15) is 0 Å². The molecule has 1 heterocycles. The van der Waals surface area contributed by atoms with Crippen LogP contribution in [-0.4, -0.2) is 16.1 Å². The number of rotatable bonds is 3. The fourth-order valence-electron chi connectivity index (χ4n) is 2.57. The summed E-state index contributed by atoms with van der Waals surface area (Å²) < 4.78 is 0. The molecule has 0 amide bonds.